The van der Waals surface area contributed by atoms with Gasteiger partial charge in [0.1, 0.15) is 0 Å². The number of hydrogen-bond donors (Lipinski definition) is 2. The van der Waals surface area contributed by atoms with Gasteiger partial charge in [0, 0.05) is 0 Å². The van der Waals surface area contributed by atoms with Gasteiger partial charge in [-0.2, -0.15) is 0 Å². The zero-order chi connectivity index (χ0) is 9.07. The van der Waals surface area contributed by atoms with Crippen LogP contribution in [0.3, 0.4) is 0 Å². The standard InChI is InChI=1S/C9H20O2/c1-5-8(10)9(11,6-2)7(3)4/h7-8,10-11H,5-6H2,1-4H3/t8-,9+/m0/s1. The molecule has 0 rings (SSSR count). The average molecular weight is 160 g/mol. The predicted molar refractivity (Wildman–Crippen MR) is 46.4 cm³/mol. The van der Waals surface area contributed by atoms with Crippen LogP contribution in [0, 0.1) is 5.92 Å². The van der Waals surface area contributed by atoms with E-state index < -0.39 is 11.7 Å². The van der Waals surface area contributed by atoms with Crippen molar-refractivity contribution in [2.75, 3.05) is 0 Å². The van der Waals surface area contributed by atoms with Crippen molar-refractivity contribution < 1.29 is 10.2 Å². The zero-order valence-electron chi connectivity index (χ0n) is 7.96. The van der Waals surface area contributed by atoms with Crippen LogP contribution in [0.4, 0.5) is 0 Å². The first kappa shape index (κ1) is 10.9. The Morgan fingerprint density at radius 1 is 1.27 bits per heavy atom. The summed E-state index contributed by atoms with van der Waals surface area (Å²) in [6, 6.07) is 0. The van der Waals surface area contributed by atoms with E-state index in [4.69, 9.17) is 0 Å². The summed E-state index contributed by atoms with van der Waals surface area (Å²) in [7, 11) is 0. The lowest BCUT2D eigenvalue weighted by atomic mass is 9.82. The Hall–Kier alpha value is -0.0800. The summed E-state index contributed by atoms with van der Waals surface area (Å²) >= 11 is 0. The summed E-state index contributed by atoms with van der Waals surface area (Å²) in [5.74, 6) is 0.113. The molecule has 0 saturated heterocycles. The summed E-state index contributed by atoms with van der Waals surface area (Å²) in [4.78, 5) is 0. The third-order valence-corrected chi connectivity index (χ3v) is 2.53. The Bertz CT molecular complexity index is 112. The molecule has 2 nitrogen and oxygen atoms in total. The van der Waals surface area contributed by atoms with Crippen molar-refractivity contribution >= 4 is 0 Å². The molecule has 2 N–H and O–H groups in total. The molecular formula is C9H20O2. The number of aliphatic hydroxyl groups is 2. The maximum absolute atomic E-state index is 9.92. The smallest absolute Gasteiger partial charge is 0.0925 e. The first-order chi connectivity index (χ1) is 4.99. The molecule has 0 fully saturated rings. The zero-order valence-corrected chi connectivity index (χ0v) is 7.96. The van der Waals surface area contributed by atoms with Crippen molar-refractivity contribution in [3.05, 3.63) is 0 Å². The van der Waals surface area contributed by atoms with E-state index in [0.29, 0.717) is 12.8 Å². The van der Waals surface area contributed by atoms with E-state index in [1.807, 2.05) is 27.7 Å². The Morgan fingerprint density at radius 3 is 1.82 bits per heavy atom. The highest BCUT2D eigenvalue weighted by molar-refractivity contribution is 4.87. The van der Waals surface area contributed by atoms with Crippen LogP contribution in [-0.4, -0.2) is 21.9 Å². The average Bonchev–Trinajstić information content (AvgIpc) is 2.01. The molecule has 0 heterocycles. The molecule has 0 bridgehead atoms. The van der Waals surface area contributed by atoms with E-state index in [1.165, 1.54) is 0 Å². The first-order valence-corrected chi connectivity index (χ1v) is 4.39. The molecule has 0 aromatic heterocycles. The molecule has 0 aromatic carbocycles. The van der Waals surface area contributed by atoms with Gasteiger partial charge in [0.25, 0.3) is 0 Å². The molecule has 11 heavy (non-hydrogen) atoms. The highest BCUT2D eigenvalue weighted by Gasteiger charge is 2.35. The van der Waals surface area contributed by atoms with Crippen molar-refractivity contribution in [2.24, 2.45) is 5.92 Å². The SMILES string of the molecule is CC[C@H](O)[C@@](O)(CC)C(C)C. The van der Waals surface area contributed by atoms with Gasteiger partial charge in [-0.15, -0.1) is 0 Å². The Labute approximate surface area is 69.2 Å². The van der Waals surface area contributed by atoms with Crippen LogP contribution in [0.1, 0.15) is 40.5 Å². The molecule has 0 aliphatic carbocycles. The molecule has 2 atom stereocenters. The van der Waals surface area contributed by atoms with Crippen LogP contribution in [0.2, 0.25) is 0 Å². The van der Waals surface area contributed by atoms with Gasteiger partial charge >= 0.3 is 0 Å². The Kier molecular flexibility index (Phi) is 4.04. The van der Waals surface area contributed by atoms with E-state index in [1.54, 1.807) is 0 Å². The molecule has 0 aromatic rings. The molecule has 0 amide bonds. The molecular weight excluding hydrogens is 140 g/mol. The largest absolute Gasteiger partial charge is 0.390 e. The lowest BCUT2D eigenvalue weighted by molar-refractivity contribution is -0.108. The second kappa shape index (κ2) is 4.07. The normalized spacial score (nSPS) is 19.9. The molecule has 0 aliphatic rings. The first-order valence-electron chi connectivity index (χ1n) is 4.39. The molecule has 0 unspecified atom stereocenters. The minimum atomic E-state index is -0.894. The summed E-state index contributed by atoms with van der Waals surface area (Å²) in [5.41, 5.74) is -0.894. The van der Waals surface area contributed by atoms with E-state index in [2.05, 4.69) is 0 Å². The summed E-state index contributed by atoms with van der Waals surface area (Å²) in [5, 5.41) is 19.4. The summed E-state index contributed by atoms with van der Waals surface area (Å²) < 4.78 is 0. The third-order valence-electron chi connectivity index (χ3n) is 2.53. The molecule has 0 saturated carbocycles. The van der Waals surface area contributed by atoms with Crippen LogP contribution in [-0.2, 0) is 0 Å². The van der Waals surface area contributed by atoms with Crippen LogP contribution in [0.5, 0.6) is 0 Å². The van der Waals surface area contributed by atoms with Crippen LogP contribution >= 0.6 is 0 Å². The monoisotopic (exact) mass is 160 g/mol. The van der Waals surface area contributed by atoms with Crippen molar-refractivity contribution in [1.82, 2.24) is 0 Å². The van der Waals surface area contributed by atoms with Gasteiger partial charge in [0.2, 0.25) is 0 Å². The Morgan fingerprint density at radius 2 is 1.73 bits per heavy atom. The molecule has 0 aliphatic heterocycles. The van der Waals surface area contributed by atoms with E-state index >= 15 is 0 Å². The minimum absolute atomic E-state index is 0.113. The molecule has 68 valence electrons. The predicted octanol–water partition coefficient (Wildman–Crippen LogP) is 1.55. The van der Waals surface area contributed by atoms with Gasteiger partial charge in [-0.25, -0.2) is 0 Å². The highest BCUT2D eigenvalue weighted by atomic mass is 16.3. The lowest BCUT2D eigenvalue weighted by Crippen LogP contribution is -2.46. The van der Waals surface area contributed by atoms with Crippen molar-refractivity contribution in [2.45, 2.75) is 52.2 Å². The van der Waals surface area contributed by atoms with E-state index in [9.17, 15) is 10.2 Å². The second-order valence-corrected chi connectivity index (χ2v) is 3.42. The minimum Gasteiger partial charge on any atom is -0.390 e. The lowest BCUT2D eigenvalue weighted by Gasteiger charge is -2.35. The third kappa shape index (κ3) is 2.17. The summed E-state index contributed by atoms with van der Waals surface area (Å²) in [6.45, 7) is 7.65. The van der Waals surface area contributed by atoms with Crippen molar-refractivity contribution in [1.29, 1.82) is 0 Å². The maximum atomic E-state index is 9.92. The number of rotatable bonds is 4. The van der Waals surface area contributed by atoms with E-state index in [0.717, 1.165) is 0 Å². The fourth-order valence-corrected chi connectivity index (χ4v) is 1.38. The van der Waals surface area contributed by atoms with Crippen LogP contribution in [0.15, 0.2) is 0 Å². The maximum Gasteiger partial charge on any atom is 0.0925 e. The summed E-state index contributed by atoms with van der Waals surface area (Å²) in [6.07, 6.45) is 0.634. The fraction of sp³-hybridized carbons (Fsp3) is 1.00. The molecule has 0 radical (unpaired) electrons. The number of hydrogen-bond acceptors (Lipinski definition) is 2. The van der Waals surface area contributed by atoms with Crippen molar-refractivity contribution in [3.63, 3.8) is 0 Å². The quantitative estimate of drug-likeness (QED) is 0.655. The van der Waals surface area contributed by atoms with Crippen LogP contribution < -0.4 is 0 Å². The second-order valence-electron chi connectivity index (χ2n) is 3.42. The Balaban J connectivity index is 4.32. The van der Waals surface area contributed by atoms with Gasteiger partial charge in [0.05, 0.1) is 11.7 Å². The molecule has 2 heteroatoms. The molecule has 0 spiro atoms. The van der Waals surface area contributed by atoms with Gasteiger partial charge in [-0.05, 0) is 18.8 Å². The van der Waals surface area contributed by atoms with Crippen molar-refractivity contribution in [3.8, 4) is 0 Å². The van der Waals surface area contributed by atoms with Crippen LogP contribution in [0.25, 0.3) is 0 Å². The fourth-order valence-electron chi connectivity index (χ4n) is 1.38. The van der Waals surface area contributed by atoms with Gasteiger partial charge < -0.3 is 10.2 Å². The number of aliphatic hydroxyl groups excluding tert-OH is 1. The van der Waals surface area contributed by atoms with E-state index in [-0.39, 0.29) is 5.92 Å². The van der Waals surface area contributed by atoms with Gasteiger partial charge in [0.15, 0.2) is 0 Å². The van der Waals surface area contributed by atoms with Gasteiger partial charge in [-0.3, -0.25) is 0 Å². The highest BCUT2D eigenvalue weighted by Crippen LogP contribution is 2.26. The van der Waals surface area contributed by atoms with Gasteiger partial charge in [-0.1, -0.05) is 27.7 Å². The topological polar surface area (TPSA) is 40.5 Å².